The summed E-state index contributed by atoms with van der Waals surface area (Å²) in [4.78, 5) is 16.5. The van der Waals surface area contributed by atoms with Gasteiger partial charge in [-0.2, -0.15) is 0 Å². The Morgan fingerprint density at radius 1 is 1.50 bits per heavy atom. The van der Waals surface area contributed by atoms with Gasteiger partial charge in [-0.05, 0) is 31.7 Å². The summed E-state index contributed by atoms with van der Waals surface area (Å²) >= 11 is 0. The fourth-order valence-corrected chi connectivity index (χ4v) is 2.61. The van der Waals surface area contributed by atoms with Crippen molar-refractivity contribution in [3.05, 3.63) is 24.0 Å². The summed E-state index contributed by atoms with van der Waals surface area (Å²) in [5.74, 6) is -0.0556. The molecule has 1 amide bonds. The highest BCUT2D eigenvalue weighted by Gasteiger charge is 2.29. The first-order valence-corrected chi connectivity index (χ1v) is 7.27. The summed E-state index contributed by atoms with van der Waals surface area (Å²) in [5, 5.41) is 6.32. The van der Waals surface area contributed by atoms with Crippen molar-refractivity contribution >= 4 is 11.6 Å². The summed E-state index contributed by atoms with van der Waals surface area (Å²) < 4.78 is 5.41. The molecule has 1 aliphatic rings. The van der Waals surface area contributed by atoms with E-state index >= 15 is 0 Å². The Morgan fingerprint density at radius 2 is 2.35 bits per heavy atom. The van der Waals surface area contributed by atoms with Gasteiger partial charge >= 0.3 is 0 Å². The first-order valence-electron chi connectivity index (χ1n) is 7.27. The molecule has 1 aliphatic carbocycles. The zero-order valence-electron chi connectivity index (χ0n) is 12.2. The number of anilines is 1. The number of amides is 1. The Kier molecular flexibility index (Phi) is 5.35. The van der Waals surface area contributed by atoms with Crippen molar-refractivity contribution in [2.24, 2.45) is 0 Å². The highest BCUT2D eigenvalue weighted by Crippen LogP contribution is 2.22. The van der Waals surface area contributed by atoms with E-state index in [1.165, 1.54) is 0 Å². The molecule has 1 aromatic rings. The number of hydrogen-bond acceptors (Lipinski definition) is 4. The normalized spacial score (nSPS) is 21.7. The first-order chi connectivity index (χ1) is 9.76. The quantitative estimate of drug-likeness (QED) is 0.836. The molecular formula is C15H23N3O2. The zero-order valence-corrected chi connectivity index (χ0v) is 12.2. The Labute approximate surface area is 120 Å². The van der Waals surface area contributed by atoms with Gasteiger partial charge in [0.15, 0.2) is 0 Å². The predicted molar refractivity (Wildman–Crippen MR) is 78.9 cm³/mol. The standard InChI is InChI=1S/C15H23N3O2/c1-3-8-17-13-10-16-9-7-11(13)15(19)18-12-5-4-6-14(12)20-2/h7,9-10,12,14,17H,3-6,8H2,1-2H3,(H,18,19). The largest absolute Gasteiger partial charge is 0.383 e. The highest BCUT2D eigenvalue weighted by molar-refractivity contribution is 5.99. The number of nitrogens with one attached hydrogen (secondary N) is 2. The molecule has 0 spiro atoms. The number of methoxy groups -OCH3 is 1. The van der Waals surface area contributed by atoms with Crippen molar-refractivity contribution in [2.45, 2.75) is 44.8 Å². The number of pyridine rings is 1. The molecule has 0 bridgehead atoms. The Hall–Kier alpha value is -1.62. The Bertz CT molecular complexity index is 450. The van der Waals surface area contributed by atoms with E-state index in [4.69, 9.17) is 4.74 Å². The molecule has 110 valence electrons. The molecule has 0 saturated heterocycles. The van der Waals surface area contributed by atoms with Crippen LogP contribution in [0.25, 0.3) is 0 Å². The third-order valence-corrected chi connectivity index (χ3v) is 3.70. The van der Waals surface area contributed by atoms with Crippen LogP contribution in [0.2, 0.25) is 0 Å². The molecule has 2 atom stereocenters. The Balaban J connectivity index is 2.05. The third kappa shape index (κ3) is 3.48. The van der Waals surface area contributed by atoms with E-state index in [0.29, 0.717) is 5.56 Å². The van der Waals surface area contributed by atoms with Crippen LogP contribution in [0.3, 0.4) is 0 Å². The van der Waals surface area contributed by atoms with Crippen LogP contribution in [0.5, 0.6) is 0 Å². The van der Waals surface area contributed by atoms with Crippen LogP contribution in [0.15, 0.2) is 18.5 Å². The van der Waals surface area contributed by atoms with E-state index in [1.54, 1.807) is 25.6 Å². The van der Waals surface area contributed by atoms with Crippen LogP contribution in [0, 0.1) is 0 Å². The van der Waals surface area contributed by atoms with E-state index in [-0.39, 0.29) is 18.1 Å². The van der Waals surface area contributed by atoms with Gasteiger partial charge < -0.3 is 15.4 Å². The minimum atomic E-state index is -0.0556. The van der Waals surface area contributed by atoms with Gasteiger partial charge in [-0.15, -0.1) is 0 Å². The maximum atomic E-state index is 12.4. The molecule has 1 fully saturated rings. The number of aromatic nitrogens is 1. The van der Waals surface area contributed by atoms with Gasteiger partial charge in [0.25, 0.3) is 5.91 Å². The number of ether oxygens (including phenoxy) is 1. The van der Waals surface area contributed by atoms with Crippen LogP contribution in [0.1, 0.15) is 43.0 Å². The SMILES string of the molecule is CCCNc1cnccc1C(=O)NC1CCCC1OC. The lowest BCUT2D eigenvalue weighted by Gasteiger charge is -2.20. The maximum Gasteiger partial charge on any atom is 0.253 e. The Morgan fingerprint density at radius 3 is 3.10 bits per heavy atom. The average molecular weight is 277 g/mol. The number of hydrogen-bond donors (Lipinski definition) is 2. The van der Waals surface area contributed by atoms with Crippen molar-refractivity contribution in [3.8, 4) is 0 Å². The summed E-state index contributed by atoms with van der Waals surface area (Å²) in [7, 11) is 1.70. The average Bonchev–Trinajstić information content (AvgIpc) is 2.92. The van der Waals surface area contributed by atoms with E-state index in [1.807, 2.05) is 0 Å². The monoisotopic (exact) mass is 277 g/mol. The van der Waals surface area contributed by atoms with Crippen LogP contribution in [0.4, 0.5) is 5.69 Å². The molecule has 0 aliphatic heterocycles. The van der Waals surface area contributed by atoms with Crippen LogP contribution >= 0.6 is 0 Å². The van der Waals surface area contributed by atoms with Gasteiger partial charge in [0, 0.05) is 19.9 Å². The molecule has 0 radical (unpaired) electrons. The lowest BCUT2D eigenvalue weighted by atomic mass is 10.1. The maximum absolute atomic E-state index is 12.4. The van der Waals surface area contributed by atoms with Gasteiger partial charge in [-0.3, -0.25) is 9.78 Å². The molecule has 1 heterocycles. The van der Waals surface area contributed by atoms with Crippen LogP contribution in [-0.2, 0) is 4.74 Å². The van der Waals surface area contributed by atoms with Crippen LogP contribution in [-0.4, -0.2) is 36.7 Å². The number of nitrogens with zero attached hydrogens (tertiary/aromatic N) is 1. The van der Waals surface area contributed by atoms with E-state index in [2.05, 4.69) is 22.5 Å². The van der Waals surface area contributed by atoms with Crippen LogP contribution < -0.4 is 10.6 Å². The van der Waals surface area contributed by atoms with E-state index in [0.717, 1.165) is 37.9 Å². The van der Waals surface area contributed by atoms with Gasteiger partial charge in [0.2, 0.25) is 0 Å². The fraction of sp³-hybridized carbons (Fsp3) is 0.600. The van der Waals surface area contributed by atoms with Gasteiger partial charge in [0.05, 0.1) is 29.6 Å². The molecule has 2 N–H and O–H groups in total. The van der Waals surface area contributed by atoms with Gasteiger partial charge in [0.1, 0.15) is 0 Å². The molecule has 1 aromatic heterocycles. The van der Waals surface area contributed by atoms with E-state index in [9.17, 15) is 4.79 Å². The van der Waals surface area contributed by atoms with Gasteiger partial charge in [-0.1, -0.05) is 6.92 Å². The van der Waals surface area contributed by atoms with Gasteiger partial charge in [-0.25, -0.2) is 0 Å². The first kappa shape index (κ1) is 14.8. The molecule has 5 heteroatoms. The number of rotatable bonds is 6. The minimum Gasteiger partial charge on any atom is -0.383 e. The number of carbonyl (C=O) groups excluding carboxylic acids is 1. The minimum absolute atomic E-state index is 0.0556. The summed E-state index contributed by atoms with van der Waals surface area (Å²) in [5.41, 5.74) is 1.44. The zero-order chi connectivity index (χ0) is 14.4. The molecule has 1 saturated carbocycles. The molecule has 20 heavy (non-hydrogen) atoms. The molecule has 2 unspecified atom stereocenters. The lowest BCUT2D eigenvalue weighted by molar-refractivity contribution is 0.0722. The van der Waals surface area contributed by atoms with Crippen molar-refractivity contribution in [3.63, 3.8) is 0 Å². The summed E-state index contributed by atoms with van der Waals surface area (Å²) in [6.07, 6.45) is 7.58. The third-order valence-electron chi connectivity index (χ3n) is 3.70. The highest BCUT2D eigenvalue weighted by atomic mass is 16.5. The van der Waals surface area contributed by atoms with Crippen molar-refractivity contribution in [2.75, 3.05) is 19.0 Å². The summed E-state index contributed by atoms with van der Waals surface area (Å²) in [6, 6.07) is 1.86. The van der Waals surface area contributed by atoms with E-state index < -0.39 is 0 Å². The topological polar surface area (TPSA) is 63.2 Å². The second kappa shape index (κ2) is 7.24. The fourth-order valence-electron chi connectivity index (χ4n) is 2.61. The summed E-state index contributed by atoms with van der Waals surface area (Å²) in [6.45, 7) is 2.92. The predicted octanol–water partition coefficient (Wildman–Crippen LogP) is 2.20. The molecule has 5 nitrogen and oxygen atoms in total. The lowest BCUT2D eigenvalue weighted by Crippen LogP contribution is -2.40. The molecular weight excluding hydrogens is 254 g/mol. The smallest absolute Gasteiger partial charge is 0.253 e. The second-order valence-corrected chi connectivity index (χ2v) is 5.13. The van der Waals surface area contributed by atoms with Crippen molar-refractivity contribution in [1.29, 1.82) is 0 Å². The number of carbonyl (C=O) groups is 1. The molecule has 0 aromatic carbocycles. The van der Waals surface area contributed by atoms with Crippen molar-refractivity contribution in [1.82, 2.24) is 10.3 Å². The second-order valence-electron chi connectivity index (χ2n) is 5.13. The molecule has 2 rings (SSSR count). The van der Waals surface area contributed by atoms with Crippen molar-refractivity contribution < 1.29 is 9.53 Å².